The molecule has 18 heavy (non-hydrogen) atoms. The minimum Gasteiger partial charge on any atom is -0.478 e. The third-order valence-electron chi connectivity index (χ3n) is 2.48. The number of anilines is 1. The molecule has 0 saturated carbocycles. The Morgan fingerprint density at radius 3 is 2.72 bits per heavy atom. The van der Waals surface area contributed by atoms with Crippen LogP contribution in [0.4, 0.5) is 5.82 Å². The molecule has 1 rings (SSSR count). The highest BCUT2D eigenvalue weighted by Gasteiger charge is 2.19. The van der Waals surface area contributed by atoms with E-state index in [0.717, 1.165) is 5.69 Å². The Morgan fingerprint density at radius 1 is 1.50 bits per heavy atom. The van der Waals surface area contributed by atoms with Gasteiger partial charge in [0.25, 0.3) is 0 Å². The van der Waals surface area contributed by atoms with Gasteiger partial charge in [-0.3, -0.25) is 0 Å². The Balaban J connectivity index is 2.83. The fraction of sp³-hybridized carbons (Fsp3) is 0.538. The number of carboxylic acid groups (broad SMARTS) is 1. The van der Waals surface area contributed by atoms with Crippen LogP contribution in [-0.2, 0) is 4.74 Å². The van der Waals surface area contributed by atoms with Gasteiger partial charge in [-0.15, -0.1) is 0 Å². The van der Waals surface area contributed by atoms with Crippen molar-refractivity contribution in [2.45, 2.75) is 33.3 Å². The van der Waals surface area contributed by atoms with E-state index >= 15 is 0 Å². The van der Waals surface area contributed by atoms with E-state index in [0.29, 0.717) is 19.0 Å². The van der Waals surface area contributed by atoms with Gasteiger partial charge in [0.05, 0.1) is 5.60 Å². The summed E-state index contributed by atoms with van der Waals surface area (Å²) in [5, 5.41) is 12.1. The zero-order valence-corrected chi connectivity index (χ0v) is 11.3. The smallest absolute Gasteiger partial charge is 0.339 e. The Labute approximate surface area is 107 Å². The fourth-order valence-electron chi connectivity index (χ4n) is 1.60. The van der Waals surface area contributed by atoms with Gasteiger partial charge in [0, 0.05) is 18.8 Å². The lowest BCUT2D eigenvalue weighted by molar-refractivity contribution is 0.000599. The molecule has 0 unspecified atom stereocenters. The average Bonchev–Trinajstić information content (AvgIpc) is 2.26. The number of aryl methyl sites for hydroxylation is 1. The maximum absolute atomic E-state index is 11.1. The van der Waals surface area contributed by atoms with Gasteiger partial charge in [-0.25, -0.2) is 9.78 Å². The van der Waals surface area contributed by atoms with Crippen LogP contribution in [0.3, 0.4) is 0 Å². The second-order valence-corrected chi connectivity index (χ2v) is 4.70. The number of carbonyl (C=O) groups is 1. The van der Waals surface area contributed by atoms with Gasteiger partial charge in [0.2, 0.25) is 0 Å². The summed E-state index contributed by atoms with van der Waals surface area (Å²) in [6, 6.07) is 3.24. The number of nitrogens with one attached hydrogen (secondary N) is 1. The number of hydrogen-bond donors (Lipinski definition) is 2. The Hall–Kier alpha value is -1.62. The molecule has 0 saturated heterocycles. The number of carboxylic acids is 1. The van der Waals surface area contributed by atoms with Crippen molar-refractivity contribution in [1.29, 1.82) is 0 Å². The maximum Gasteiger partial charge on any atom is 0.339 e. The first-order chi connectivity index (χ1) is 8.35. The highest BCUT2D eigenvalue weighted by Crippen LogP contribution is 2.16. The Kier molecular flexibility index (Phi) is 4.67. The first kappa shape index (κ1) is 14.4. The molecular formula is C13H20N2O3. The van der Waals surface area contributed by atoms with Gasteiger partial charge >= 0.3 is 5.97 Å². The number of pyridine rings is 1. The van der Waals surface area contributed by atoms with Crippen LogP contribution in [0.2, 0.25) is 0 Å². The van der Waals surface area contributed by atoms with Crippen LogP contribution in [0.5, 0.6) is 0 Å². The van der Waals surface area contributed by atoms with Gasteiger partial charge in [0.15, 0.2) is 0 Å². The SMILES string of the molecule is CCOC(C)(C)CNc1nc(C)ccc1C(=O)O. The zero-order valence-electron chi connectivity index (χ0n) is 11.3. The summed E-state index contributed by atoms with van der Waals surface area (Å²) in [6.45, 7) is 8.75. The maximum atomic E-state index is 11.1. The molecule has 1 aromatic rings. The van der Waals surface area contributed by atoms with Crippen molar-refractivity contribution >= 4 is 11.8 Å². The minimum absolute atomic E-state index is 0.174. The summed E-state index contributed by atoms with van der Waals surface area (Å²) in [4.78, 5) is 15.3. The molecule has 0 atom stereocenters. The van der Waals surface area contributed by atoms with Crippen molar-refractivity contribution in [2.75, 3.05) is 18.5 Å². The van der Waals surface area contributed by atoms with Gasteiger partial charge in [-0.2, -0.15) is 0 Å². The third-order valence-corrected chi connectivity index (χ3v) is 2.48. The molecule has 0 aliphatic rings. The number of hydrogen-bond acceptors (Lipinski definition) is 4. The molecule has 5 heteroatoms. The molecule has 0 amide bonds. The highest BCUT2D eigenvalue weighted by atomic mass is 16.5. The van der Waals surface area contributed by atoms with E-state index in [-0.39, 0.29) is 11.2 Å². The van der Waals surface area contributed by atoms with Gasteiger partial charge in [-0.05, 0) is 39.8 Å². The Bertz CT molecular complexity index is 430. The van der Waals surface area contributed by atoms with Gasteiger partial charge in [-0.1, -0.05) is 0 Å². The van der Waals surface area contributed by atoms with Crippen molar-refractivity contribution in [2.24, 2.45) is 0 Å². The lowest BCUT2D eigenvalue weighted by Gasteiger charge is -2.25. The van der Waals surface area contributed by atoms with Crippen molar-refractivity contribution in [1.82, 2.24) is 4.98 Å². The van der Waals surface area contributed by atoms with Crippen LogP contribution < -0.4 is 5.32 Å². The van der Waals surface area contributed by atoms with E-state index in [1.807, 2.05) is 27.7 Å². The van der Waals surface area contributed by atoms with Crippen LogP contribution in [0, 0.1) is 6.92 Å². The molecule has 0 aliphatic heterocycles. The van der Waals surface area contributed by atoms with Gasteiger partial charge in [0.1, 0.15) is 11.4 Å². The average molecular weight is 252 g/mol. The first-order valence-corrected chi connectivity index (χ1v) is 5.94. The monoisotopic (exact) mass is 252 g/mol. The van der Waals surface area contributed by atoms with Crippen molar-refractivity contribution in [3.8, 4) is 0 Å². The molecule has 0 spiro atoms. The summed E-state index contributed by atoms with van der Waals surface area (Å²) in [5.74, 6) is -0.602. The fourth-order valence-corrected chi connectivity index (χ4v) is 1.60. The van der Waals surface area contributed by atoms with Crippen molar-refractivity contribution < 1.29 is 14.6 Å². The quantitative estimate of drug-likeness (QED) is 0.813. The second kappa shape index (κ2) is 5.82. The van der Waals surface area contributed by atoms with Crippen LogP contribution in [-0.4, -0.2) is 34.8 Å². The van der Waals surface area contributed by atoms with Crippen LogP contribution in [0.25, 0.3) is 0 Å². The first-order valence-electron chi connectivity index (χ1n) is 5.94. The van der Waals surface area contributed by atoms with Gasteiger partial charge < -0.3 is 15.2 Å². The number of ether oxygens (including phenoxy) is 1. The summed E-state index contributed by atoms with van der Waals surface area (Å²) in [7, 11) is 0. The van der Waals surface area contributed by atoms with E-state index in [4.69, 9.17) is 9.84 Å². The number of aromatic carboxylic acids is 1. The molecule has 0 aliphatic carbocycles. The summed E-state index contributed by atoms with van der Waals surface area (Å²) >= 11 is 0. The molecule has 2 N–H and O–H groups in total. The van der Waals surface area contributed by atoms with Crippen LogP contribution in [0.15, 0.2) is 12.1 Å². The lowest BCUT2D eigenvalue weighted by atomic mass is 10.1. The zero-order chi connectivity index (χ0) is 13.8. The number of aromatic nitrogens is 1. The molecule has 1 aromatic heterocycles. The summed E-state index contributed by atoms with van der Waals surface area (Å²) < 4.78 is 5.54. The van der Waals surface area contributed by atoms with Crippen LogP contribution in [0.1, 0.15) is 36.8 Å². The Morgan fingerprint density at radius 2 is 2.17 bits per heavy atom. The molecule has 0 radical (unpaired) electrons. The van der Waals surface area contributed by atoms with E-state index in [1.165, 1.54) is 0 Å². The summed E-state index contributed by atoms with van der Waals surface area (Å²) in [5.41, 5.74) is 0.584. The molecule has 0 bridgehead atoms. The predicted octanol–water partition coefficient (Wildman–Crippen LogP) is 2.32. The lowest BCUT2D eigenvalue weighted by Crippen LogP contribution is -2.34. The van der Waals surface area contributed by atoms with Crippen molar-refractivity contribution in [3.63, 3.8) is 0 Å². The molecule has 1 heterocycles. The predicted molar refractivity (Wildman–Crippen MR) is 70.1 cm³/mol. The van der Waals surface area contributed by atoms with Crippen LogP contribution >= 0.6 is 0 Å². The van der Waals surface area contributed by atoms with E-state index in [2.05, 4.69) is 10.3 Å². The largest absolute Gasteiger partial charge is 0.478 e. The minimum atomic E-state index is -0.987. The molecule has 0 aromatic carbocycles. The van der Waals surface area contributed by atoms with E-state index in [1.54, 1.807) is 12.1 Å². The highest BCUT2D eigenvalue weighted by molar-refractivity contribution is 5.93. The molecule has 100 valence electrons. The van der Waals surface area contributed by atoms with E-state index < -0.39 is 5.97 Å². The third kappa shape index (κ3) is 4.00. The summed E-state index contributed by atoms with van der Waals surface area (Å²) in [6.07, 6.45) is 0. The normalized spacial score (nSPS) is 11.3. The number of rotatable bonds is 6. The number of nitrogens with zero attached hydrogens (tertiary/aromatic N) is 1. The van der Waals surface area contributed by atoms with Crippen molar-refractivity contribution in [3.05, 3.63) is 23.4 Å². The second-order valence-electron chi connectivity index (χ2n) is 4.70. The topological polar surface area (TPSA) is 71.5 Å². The standard InChI is InChI=1S/C13H20N2O3/c1-5-18-13(3,4)8-14-11-10(12(16)17)7-6-9(2)15-11/h6-7H,5,8H2,1-4H3,(H,14,15)(H,16,17). The molecule has 5 nitrogen and oxygen atoms in total. The molecular weight excluding hydrogens is 232 g/mol. The molecule has 0 fully saturated rings. The van der Waals surface area contributed by atoms with E-state index in [9.17, 15) is 4.79 Å².